The summed E-state index contributed by atoms with van der Waals surface area (Å²) in [5.74, 6) is 0.225. The maximum Gasteiger partial charge on any atom is 0.275 e. The average molecular weight is 535 g/mol. The van der Waals surface area contributed by atoms with Gasteiger partial charge in [-0.3, -0.25) is 4.79 Å². The number of benzene rings is 1. The van der Waals surface area contributed by atoms with Crippen molar-refractivity contribution in [3.05, 3.63) is 71.2 Å². The number of halogens is 1. The van der Waals surface area contributed by atoms with E-state index in [2.05, 4.69) is 20.3 Å². The molecular formula is C26H23FN6O4S. The molecule has 194 valence electrons. The van der Waals surface area contributed by atoms with Gasteiger partial charge in [-0.1, -0.05) is 17.8 Å². The van der Waals surface area contributed by atoms with Gasteiger partial charge in [0.05, 0.1) is 38.4 Å². The first kappa shape index (κ1) is 24.3. The van der Waals surface area contributed by atoms with E-state index in [1.807, 2.05) is 12.1 Å². The fraction of sp³-hybridized carbons (Fsp3) is 0.269. The standard InChI is InChI=1S/C26H23FN6O4S/c1-35-21-12-29-19(11-30-21)24(34)31-15-4-5-20-16(9-15)26(6-8-38-25(28)33-26)17-10-18(14-3-2-7-36-13-14)32-23(27)22(17)37-20/h3-5,9-12H,2,6-8,13H2,1H3,(H2,28,33)(H,31,34). The molecule has 38 heavy (non-hydrogen) atoms. The first-order valence-corrected chi connectivity index (χ1v) is 12.9. The van der Waals surface area contributed by atoms with Gasteiger partial charge < -0.3 is 25.3 Å². The molecule has 0 fully saturated rings. The molecule has 0 saturated carbocycles. The van der Waals surface area contributed by atoms with Crippen LogP contribution >= 0.6 is 11.8 Å². The third-order valence-corrected chi connectivity index (χ3v) is 7.39. The van der Waals surface area contributed by atoms with Crippen LogP contribution in [0.4, 0.5) is 10.1 Å². The number of amidine groups is 1. The van der Waals surface area contributed by atoms with Crippen LogP contribution in [0.2, 0.25) is 0 Å². The number of ether oxygens (including phenoxy) is 3. The normalized spacial score (nSPS) is 19.9. The van der Waals surface area contributed by atoms with E-state index < -0.39 is 17.4 Å². The van der Waals surface area contributed by atoms with E-state index in [-0.39, 0.29) is 11.4 Å². The minimum Gasteiger partial charge on any atom is -0.480 e. The number of fused-ring (bicyclic) bond motifs is 4. The Bertz CT molecular complexity index is 1500. The molecule has 3 aromatic rings. The first-order valence-electron chi connectivity index (χ1n) is 11.9. The van der Waals surface area contributed by atoms with Crippen LogP contribution in [0.3, 0.4) is 0 Å². The molecule has 1 atom stereocenters. The van der Waals surface area contributed by atoms with Crippen molar-refractivity contribution in [3.8, 4) is 17.4 Å². The molecule has 10 nitrogen and oxygen atoms in total. The maximum absolute atomic E-state index is 15.4. The van der Waals surface area contributed by atoms with Crippen LogP contribution in [0.25, 0.3) is 5.57 Å². The number of thioether (sulfide) groups is 1. The number of carbonyl (C=O) groups is 1. The highest BCUT2D eigenvalue weighted by atomic mass is 32.2. The summed E-state index contributed by atoms with van der Waals surface area (Å²) in [6.45, 7) is 0.966. The van der Waals surface area contributed by atoms with E-state index in [1.54, 1.807) is 18.2 Å². The highest BCUT2D eigenvalue weighted by Crippen LogP contribution is 2.54. The number of nitrogens with two attached hydrogens (primary N) is 1. The molecule has 1 amide bonds. The molecule has 0 radical (unpaired) electrons. The lowest BCUT2D eigenvalue weighted by molar-refractivity contribution is 0.102. The number of pyridine rings is 1. The van der Waals surface area contributed by atoms with Crippen molar-refractivity contribution in [1.82, 2.24) is 15.0 Å². The number of carbonyl (C=O) groups excluding carboxylic acids is 1. The van der Waals surface area contributed by atoms with E-state index >= 15 is 4.39 Å². The number of aromatic nitrogens is 3. The molecule has 2 aromatic heterocycles. The zero-order chi connectivity index (χ0) is 26.3. The summed E-state index contributed by atoms with van der Waals surface area (Å²) < 4.78 is 32.0. The van der Waals surface area contributed by atoms with E-state index in [1.165, 1.54) is 31.3 Å². The minimum absolute atomic E-state index is 0.0207. The molecule has 3 N–H and O–H groups in total. The second kappa shape index (κ2) is 9.69. The summed E-state index contributed by atoms with van der Waals surface area (Å²) in [6, 6.07) is 6.93. The Morgan fingerprint density at radius 3 is 2.87 bits per heavy atom. The molecule has 1 unspecified atom stereocenters. The summed E-state index contributed by atoms with van der Waals surface area (Å²) in [5, 5.41) is 3.23. The van der Waals surface area contributed by atoms with Crippen molar-refractivity contribution in [2.24, 2.45) is 10.7 Å². The van der Waals surface area contributed by atoms with Gasteiger partial charge in [0.25, 0.3) is 11.9 Å². The smallest absolute Gasteiger partial charge is 0.275 e. The topological polar surface area (TPSA) is 134 Å². The number of hydrogen-bond acceptors (Lipinski definition) is 10. The molecule has 0 saturated heterocycles. The molecule has 1 aromatic carbocycles. The fourth-order valence-electron chi connectivity index (χ4n) is 4.79. The van der Waals surface area contributed by atoms with E-state index in [9.17, 15) is 4.79 Å². The number of nitrogens with zero attached hydrogens (tertiary/aromatic N) is 4. The number of hydrogen-bond donors (Lipinski definition) is 2. The van der Waals surface area contributed by atoms with Crippen LogP contribution in [-0.2, 0) is 10.3 Å². The van der Waals surface area contributed by atoms with Gasteiger partial charge in [0, 0.05) is 22.6 Å². The summed E-state index contributed by atoms with van der Waals surface area (Å²) in [7, 11) is 1.47. The van der Waals surface area contributed by atoms with Crippen molar-refractivity contribution >= 4 is 34.1 Å². The van der Waals surface area contributed by atoms with Crippen LogP contribution < -0.4 is 20.5 Å². The SMILES string of the molecule is COc1cnc(C(=O)Nc2ccc3c(c2)C2(CCSC(N)=N2)c2cc(C4=CCCOC4)nc(F)c2O3)cn1. The largest absolute Gasteiger partial charge is 0.480 e. The molecule has 1 spiro atoms. The van der Waals surface area contributed by atoms with Crippen LogP contribution in [0.5, 0.6) is 17.4 Å². The molecular weight excluding hydrogens is 511 g/mol. The lowest BCUT2D eigenvalue weighted by Crippen LogP contribution is -2.36. The Balaban J connectivity index is 1.43. The van der Waals surface area contributed by atoms with Gasteiger partial charge in [-0.25, -0.2) is 19.9 Å². The van der Waals surface area contributed by atoms with Gasteiger partial charge in [0.15, 0.2) is 10.9 Å². The third kappa shape index (κ3) is 4.25. The average Bonchev–Trinajstić information content (AvgIpc) is 2.94. The van der Waals surface area contributed by atoms with Crippen molar-refractivity contribution in [2.45, 2.75) is 18.4 Å². The summed E-state index contributed by atoms with van der Waals surface area (Å²) in [6.07, 6.45) is 5.97. The molecule has 0 bridgehead atoms. The predicted octanol–water partition coefficient (Wildman–Crippen LogP) is 3.88. The number of amides is 1. The predicted molar refractivity (Wildman–Crippen MR) is 140 cm³/mol. The van der Waals surface area contributed by atoms with Crippen LogP contribution in [0.15, 0.2) is 47.7 Å². The van der Waals surface area contributed by atoms with Crippen molar-refractivity contribution < 1.29 is 23.4 Å². The summed E-state index contributed by atoms with van der Waals surface area (Å²) in [4.78, 5) is 30.0. The second-order valence-electron chi connectivity index (χ2n) is 8.87. The van der Waals surface area contributed by atoms with Crippen LogP contribution in [0.1, 0.15) is 40.2 Å². The number of anilines is 1. The van der Waals surface area contributed by atoms with Crippen LogP contribution in [-0.4, -0.2) is 52.1 Å². The van der Waals surface area contributed by atoms with Crippen LogP contribution in [0, 0.1) is 5.95 Å². The molecule has 12 heteroatoms. The second-order valence-corrected chi connectivity index (χ2v) is 9.98. The van der Waals surface area contributed by atoms with Gasteiger partial charge >= 0.3 is 0 Å². The number of methoxy groups -OCH3 is 1. The lowest BCUT2D eigenvalue weighted by atomic mass is 9.78. The Labute approximate surface area is 221 Å². The summed E-state index contributed by atoms with van der Waals surface area (Å²) >= 11 is 1.44. The zero-order valence-corrected chi connectivity index (χ0v) is 21.2. The quantitative estimate of drug-likeness (QED) is 0.478. The highest BCUT2D eigenvalue weighted by molar-refractivity contribution is 8.13. The first-order chi connectivity index (χ1) is 18.5. The Kier molecular flexibility index (Phi) is 6.20. The van der Waals surface area contributed by atoms with Crippen molar-refractivity contribution in [3.63, 3.8) is 0 Å². The minimum atomic E-state index is -1.02. The van der Waals surface area contributed by atoms with E-state index in [0.717, 1.165) is 12.0 Å². The van der Waals surface area contributed by atoms with Crippen molar-refractivity contribution in [2.75, 3.05) is 31.4 Å². The monoisotopic (exact) mass is 534 g/mol. The number of nitrogens with one attached hydrogen (secondary N) is 1. The van der Waals surface area contributed by atoms with Gasteiger partial charge in [-0.15, -0.1) is 0 Å². The van der Waals surface area contributed by atoms with Gasteiger partial charge in [-0.05, 0) is 42.7 Å². The fourth-order valence-corrected chi connectivity index (χ4v) is 5.61. The molecule has 0 aliphatic carbocycles. The van der Waals surface area contributed by atoms with Gasteiger partial charge in [0.1, 0.15) is 17.0 Å². The summed E-state index contributed by atoms with van der Waals surface area (Å²) in [5.41, 5.74) is 8.30. The van der Waals surface area contributed by atoms with Gasteiger partial charge in [-0.2, -0.15) is 4.39 Å². The maximum atomic E-state index is 15.4. The third-order valence-electron chi connectivity index (χ3n) is 6.60. The highest BCUT2D eigenvalue weighted by Gasteiger charge is 2.46. The molecule has 3 aliphatic heterocycles. The van der Waals surface area contributed by atoms with Crippen molar-refractivity contribution in [1.29, 1.82) is 0 Å². The molecule has 6 rings (SSSR count). The Morgan fingerprint density at radius 2 is 2.13 bits per heavy atom. The Hall–Kier alpha value is -4.03. The number of rotatable bonds is 4. The van der Waals surface area contributed by atoms with Gasteiger partial charge in [0.2, 0.25) is 5.88 Å². The lowest BCUT2D eigenvalue weighted by Gasteiger charge is -2.39. The van der Waals surface area contributed by atoms with E-state index in [4.69, 9.17) is 24.9 Å². The zero-order valence-electron chi connectivity index (χ0n) is 20.4. The molecule has 5 heterocycles. The number of aliphatic imine (C=N–C) groups is 1. The Morgan fingerprint density at radius 1 is 1.24 bits per heavy atom. The van der Waals surface area contributed by atoms with E-state index in [0.29, 0.717) is 64.7 Å². The molecule has 3 aliphatic rings.